The van der Waals surface area contributed by atoms with Crippen LogP contribution in [0.4, 0.5) is 0 Å². The molecule has 0 saturated carbocycles. The maximum atomic E-state index is 5.32. The Kier molecular flexibility index (Phi) is 4.74. The van der Waals surface area contributed by atoms with Gasteiger partial charge < -0.3 is 0 Å². The molecular weight excluding hydrogens is 468 g/mol. The second kappa shape index (κ2) is 8.29. The average Bonchev–Trinajstić information content (AvgIpc) is 3.36. The summed E-state index contributed by atoms with van der Waals surface area (Å²) in [5, 5.41) is 0.491. The lowest BCUT2D eigenvalue weighted by molar-refractivity contribution is 0.570. The largest absolute Gasteiger partial charge is 0.280 e. The summed E-state index contributed by atoms with van der Waals surface area (Å²) < 4.78 is 0. The number of nitrogens with zero attached hydrogens (tertiary/aromatic N) is 2. The fourth-order valence-corrected chi connectivity index (χ4v) is 7.74. The number of fused-ring (bicyclic) bond motifs is 9. The molecule has 2 aliphatic carbocycles. The molecule has 4 aromatic rings. The van der Waals surface area contributed by atoms with Crippen molar-refractivity contribution >= 4 is 23.7 Å². The molecule has 0 aromatic heterocycles. The molecule has 176 valence electrons. The quantitative estimate of drug-likeness (QED) is 0.276. The Morgan fingerprint density at radius 1 is 0.595 bits per heavy atom. The van der Waals surface area contributed by atoms with Gasteiger partial charge in [0.25, 0.3) is 0 Å². The monoisotopic (exact) mass is 492 g/mol. The predicted octanol–water partition coefficient (Wildman–Crippen LogP) is 8.37. The fourth-order valence-electron chi connectivity index (χ4n) is 6.26. The van der Waals surface area contributed by atoms with Gasteiger partial charge in [0.05, 0.1) is 5.71 Å². The second-order valence-corrected chi connectivity index (χ2v) is 11.2. The van der Waals surface area contributed by atoms with E-state index in [-0.39, 0.29) is 12.1 Å². The Morgan fingerprint density at radius 3 is 2.14 bits per heavy atom. The number of allylic oxidation sites excluding steroid dienone is 3. The van der Waals surface area contributed by atoms with E-state index in [9.17, 15) is 0 Å². The highest BCUT2D eigenvalue weighted by atomic mass is 32.2. The van der Waals surface area contributed by atoms with Gasteiger partial charge in [0, 0.05) is 27.8 Å². The molecule has 0 fully saturated rings. The van der Waals surface area contributed by atoms with Crippen molar-refractivity contribution in [1.29, 1.82) is 0 Å². The van der Waals surface area contributed by atoms with Crippen LogP contribution in [0.25, 0.3) is 22.3 Å². The summed E-state index contributed by atoms with van der Waals surface area (Å²) in [6, 6.07) is 32.9. The van der Waals surface area contributed by atoms with Crippen molar-refractivity contribution in [2.75, 3.05) is 0 Å². The molecule has 0 radical (unpaired) electrons. The van der Waals surface area contributed by atoms with Gasteiger partial charge in [-0.2, -0.15) is 0 Å². The van der Waals surface area contributed by atoms with Crippen LogP contribution in [-0.4, -0.2) is 17.2 Å². The Balaban J connectivity index is 1.20. The maximum Gasteiger partial charge on any atom is 0.103 e. The molecule has 4 aliphatic rings. The minimum atomic E-state index is -0.00650. The topological polar surface area (TPSA) is 24.7 Å². The van der Waals surface area contributed by atoms with Gasteiger partial charge in [0.15, 0.2) is 0 Å². The molecule has 8 rings (SSSR count). The summed E-state index contributed by atoms with van der Waals surface area (Å²) in [4.78, 5) is 11.8. The van der Waals surface area contributed by atoms with Gasteiger partial charge >= 0.3 is 0 Å². The van der Waals surface area contributed by atoms with Crippen molar-refractivity contribution in [3.05, 3.63) is 138 Å². The zero-order valence-corrected chi connectivity index (χ0v) is 21.0. The standard InChI is InChI=1S/C34H24N2S/c1-3-14-27-24(11-1)25-12-2-4-15-28(25)33-32(27)35-20-30(36-33)22-10-7-9-21(19-22)23-16-8-17-29-26-13-5-6-18-31(26)37-34(23)29/h1-20,26,31-33H. The molecule has 2 nitrogen and oxygen atoms in total. The Morgan fingerprint density at radius 2 is 1.27 bits per heavy atom. The third-order valence-corrected chi connectivity index (χ3v) is 9.41. The summed E-state index contributed by atoms with van der Waals surface area (Å²) in [6.45, 7) is 0. The summed E-state index contributed by atoms with van der Waals surface area (Å²) in [7, 11) is 0. The highest BCUT2D eigenvalue weighted by Crippen LogP contribution is 2.52. The minimum Gasteiger partial charge on any atom is -0.280 e. The van der Waals surface area contributed by atoms with Crippen molar-refractivity contribution in [3.8, 4) is 22.3 Å². The van der Waals surface area contributed by atoms with E-state index in [4.69, 9.17) is 9.98 Å². The predicted molar refractivity (Wildman–Crippen MR) is 155 cm³/mol. The summed E-state index contributed by atoms with van der Waals surface area (Å²) in [5.41, 5.74) is 11.1. The first kappa shape index (κ1) is 21.2. The average molecular weight is 493 g/mol. The number of hydrogen-bond donors (Lipinski definition) is 0. The molecular formula is C34H24N2S. The molecule has 0 spiro atoms. The molecule has 0 saturated heterocycles. The Labute approximate surface area is 221 Å². The summed E-state index contributed by atoms with van der Waals surface area (Å²) in [6.07, 6.45) is 11.0. The molecule has 4 atom stereocenters. The van der Waals surface area contributed by atoms with Crippen LogP contribution in [0.2, 0.25) is 0 Å². The minimum absolute atomic E-state index is 0.00650. The van der Waals surface area contributed by atoms with Gasteiger partial charge in [-0.05, 0) is 45.0 Å². The normalized spacial score (nSPS) is 23.9. The molecule has 0 bridgehead atoms. The Bertz CT molecular complexity index is 1690. The van der Waals surface area contributed by atoms with Crippen molar-refractivity contribution < 1.29 is 0 Å². The highest BCUT2D eigenvalue weighted by Gasteiger charge is 2.35. The molecule has 4 unspecified atom stereocenters. The molecule has 2 aliphatic heterocycles. The lowest BCUT2D eigenvalue weighted by atomic mass is 9.79. The van der Waals surface area contributed by atoms with Crippen LogP contribution in [0.3, 0.4) is 0 Å². The van der Waals surface area contributed by atoms with Crippen LogP contribution in [0.5, 0.6) is 0 Å². The van der Waals surface area contributed by atoms with Crippen molar-refractivity contribution in [3.63, 3.8) is 0 Å². The SMILES string of the molecule is C1=CC2Sc3c(-c4cccc(C5=NC6c7ccccc7-c7ccccc7C6N=C5)c4)cccc3C2C=C1. The highest BCUT2D eigenvalue weighted by molar-refractivity contribution is 8.00. The van der Waals surface area contributed by atoms with Gasteiger partial charge in [0.1, 0.15) is 12.1 Å². The number of hydrogen-bond acceptors (Lipinski definition) is 3. The van der Waals surface area contributed by atoms with E-state index in [2.05, 4.69) is 115 Å². The van der Waals surface area contributed by atoms with Crippen LogP contribution < -0.4 is 0 Å². The van der Waals surface area contributed by atoms with Gasteiger partial charge in [-0.25, -0.2) is 0 Å². The van der Waals surface area contributed by atoms with Gasteiger partial charge in [-0.1, -0.05) is 109 Å². The van der Waals surface area contributed by atoms with Crippen LogP contribution in [0, 0.1) is 0 Å². The van der Waals surface area contributed by atoms with Crippen molar-refractivity contribution in [2.24, 2.45) is 9.98 Å². The lowest BCUT2D eigenvalue weighted by Crippen LogP contribution is -2.22. The van der Waals surface area contributed by atoms with E-state index in [0.29, 0.717) is 11.2 Å². The van der Waals surface area contributed by atoms with Gasteiger partial charge in [-0.15, -0.1) is 11.8 Å². The molecule has 37 heavy (non-hydrogen) atoms. The first-order valence-corrected chi connectivity index (χ1v) is 13.8. The molecule has 3 heteroatoms. The Hall–Kier alpha value is -3.95. The zero-order valence-electron chi connectivity index (χ0n) is 20.2. The summed E-state index contributed by atoms with van der Waals surface area (Å²) >= 11 is 1.99. The second-order valence-electron chi connectivity index (χ2n) is 10.0. The molecule has 2 heterocycles. The molecule has 0 N–H and O–H groups in total. The first-order chi connectivity index (χ1) is 18.3. The van der Waals surface area contributed by atoms with E-state index in [0.717, 1.165) is 11.3 Å². The van der Waals surface area contributed by atoms with E-state index in [1.807, 2.05) is 18.0 Å². The summed E-state index contributed by atoms with van der Waals surface area (Å²) in [5.74, 6) is 0.467. The van der Waals surface area contributed by atoms with Crippen molar-refractivity contribution in [1.82, 2.24) is 0 Å². The zero-order chi connectivity index (χ0) is 24.3. The third-order valence-electron chi connectivity index (χ3n) is 8.00. The van der Waals surface area contributed by atoms with Crippen LogP contribution in [-0.2, 0) is 0 Å². The van der Waals surface area contributed by atoms with E-state index in [1.165, 1.54) is 43.8 Å². The van der Waals surface area contributed by atoms with E-state index in [1.54, 1.807) is 0 Å². The number of thioether (sulfide) groups is 1. The number of aliphatic imine (C=N–C) groups is 2. The van der Waals surface area contributed by atoms with Gasteiger partial charge in [-0.3, -0.25) is 9.98 Å². The fraction of sp³-hybridized carbons (Fsp3) is 0.118. The number of rotatable bonds is 2. The third kappa shape index (κ3) is 3.27. The van der Waals surface area contributed by atoms with Crippen LogP contribution in [0.1, 0.15) is 40.3 Å². The van der Waals surface area contributed by atoms with Gasteiger partial charge in [0.2, 0.25) is 0 Å². The van der Waals surface area contributed by atoms with Crippen molar-refractivity contribution in [2.45, 2.75) is 28.1 Å². The smallest absolute Gasteiger partial charge is 0.103 e. The van der Waals surface area contributed by atoms with Crippen LogP contribution >= 0.6 is 11.8 Å². The maximum absolute atomic E-state index is 5.32. The van der Waals surface area contributed by atoms with E-state index < -0.39 is 0 Å². The molecule has 4 aromatic carbocycles. The molecule has 0 amide bonds. The van der Waals surface area contributed by atoms with Crippen LogP contribution in [0.15, 0.2) is 130 Å². The first-order valence-electron chi connectivity index (χ1n) is 12.9. The lowest BCUT2D eigenvalue weighted by Gasteiger charge is -2.33. The van der Waals surface area contributed by atoms with E-state index >= 15 is 0 Å². The number of benzene rings is 4.